The molecule has 0 aliphatic carbocycles. The highest BCUT2D eigenvalue weighted by molar-refractivity contribution is 6.35. The van der Waals surface area contributed by atoms with Gasteiger partial charge in [-0.05, 0) is 19.1 Å². The number of rotatable bonds is 4. The Morgan fingerprint density at radius 3 is 2.53 bits per heavy atom. The van der Waals surface area contributed by atoms with Crippen molar-refractivity contribution in [1.82, 2.24) is 15.5 Å². The van der Waals surface area contributed by atoms with E-state index in [9.17, 15) is 0 Å². The van der Waals surface area contributed by atoms with Gasteiger partial charge in [0.2, 0.25) is 5.89 Å². The van der Waals surface area contributed by atoms with Crippen molar-refractivity contribution >= 4 is 23.2 Å². The Hall–Kier alpha value is -1.10. The highest BCUT2D eigenvalue weighted by Gasteiger charge is 2.06. The molecule has 1 aromatic heterocycles. The minimum atomic E-state index is 0.488. The highest BCUT2D eigenvalue weighted by atomic mass is 35.5. The molecule has 0 fully saturated rings. The number of halogens is 2. The van der Waals surface area contributed by atoms with Crippen LogP contribution in [0.2, 0.25) is 10.0 Å². The Balaban J connectivity index is 1.94. The molecular weight excluding hydrogens is 261 g/mol. The molecule has 90 valence electrons. The molecule has 0 bridgehead atoms. The molecule has 0 radical (unpaired) electrons. The Labute approximate surface area is 109 Å². The van der Waals surface area contributed by atoms with Gasteiger partial charge in [-0.3, -0.25) is 0 Å². The van der Waals surface area contributed by atoms with Crippen LogP contribution in [0.1, 0.15) is 17.3 Å². The zero-order chi connectivity index (χ0) is 12.3. The van der Waals surface area contributed by atoms with Crippen LogP contribution in [-0.4, -0.2) is 10.1 Å². The number of nitrogens with zero attached hydrogens (tertiary/aromatic N) is 2. The van der Waals surface area contributed by atoms with Crippen LogP contribution in [0.3, 0.4) is 0 Å². The first-order chi connectivity index (χ1) is 8.16. The van der Waals surface area contributed by atoms with Gasteiger partial charge in [0.05, 0.1) is 6.54 Å². The monoisotopic (exact) mass is 271 g/mol. The lowest BCUT2D eigenvalue weighted by Crippen LogP contribution is -2.13. The van der Waals surface area contributed by atoms with Gasteiger partial charge in [0.1, 0.15) is 0 Å². The zero-order valence-corrected chi connectivity index (χ0v) is 10.7. The van der Waals surface area contributed by atoms with E-state index in [4.69, 9.17) is 27.7 Å². The quantitative estimate of drug-likeness (QED) is 0.929. The number of hydrogen-bond donors (Lipinski definition) is 1. The third kappa shape index (κ3) is 3.19. The molecule has 1 aromatic carbocycles. The summed E-state index contributed by atoms with van der Waals surface area (Å²) < 4.78 is 4.97. The molecule has 1 N–H and O–H groups in total. The van der Waals surface area contributed by atoms with Gasteiger partial charge in [-0.2, -0.15) is 4.98 Å². The Kier molecular flexibility index (Phi) is 3.99. The summed E-state index contributed by atoms with van der Waals surface area (Å²) in [4.78, 5) is 4.08. The first kappa shape index (κ1) is 12.4. The van der Waals surface area contributed by atoms with E-state index in [1.165, 1.54) is 0 Å². The van der Waals surface area contributed by atoms with E-state index in [-0.39, 0.29) is 0 Å². The lowest BCUT2D eigenvalue weighted by atomic mass is 10.2. The summed E-state index contributed by atoms with van der Waals surface area (Å²) in [5.41, 5.74) is 0.868. The molecule has 0 aliphatic heterocycles. The van der Waals surface area contributed by atoms with Crippen LogP contribution >= 0.6 is 23.2 Å². The number of aromatic nitrogens is 2. The molecule has 0 unspecified atom stereocenters. The van der Waals surface area contributed by atoms with E-state index in [0.29, 0.717) is 34.8 Å². The zero-order valence-electron chi connectivity index (χ0n) is 9.20. The predicted molar refractivity (Wildman–Crippen MR) is 66.0 cm³/mol. The van der Waals surface area contributed by atoms with Crippen molar-refractivity contribution in [2.24, 2.45) is 0 Å². The van der Waals surface area contributed by atoms with Gasteiger partial charge in [0, 0.05) is 22.2 Å². The summed E-state index contributed by atoms with van der Waals surface area (Å²) in [6.45, 7) is 2.82. The third-order valence-electron chi connectivity index (χ3n) is 2.21. The molecule has 0 spiro atoms. The van der Waals surface area contributed by atoms with Crippen LogP contribution < -0.4 is 5.32 Å². The van der Waals surface area contributed by atoms with Gasteiger partial charge >= 0.3 is 0 Å². The molecule has 17 heavy (non-hydrogen) atoms. The molecule has 2 aromatic rings. The predicted octanol–water partition coefficient (Wildman–Crippen LogP) is 2.97. The molecule has 0 aliphatic rings. The van der Waals surface area contributed by atoms with Gasteiger partial charge < -0.3 is 9.84 Å². The van der Waals surface area contributed by atoms with Crippen LogP contribution in [0.5, 0.6) is 0 Å². The SMILES string of the molecule is Cc1noc(CNCc2c(Cl)cccc2Cl)n1. The molecule has 0 amide bonds. The lowest BCUT2D eigenvalue weighted by Gasteiger charge is -2.06. The fraction of sp³-hybridized carbons (Fsp3) is 0.273. The minimum absolute atomic E-state index is 0.488. The average Bonchev–Trinajstić information content (AvgIpc) is 2.69. The topological polar surface area (TPSA) is 51.0 Å². The number of benzene rings is 1. The summed E-state index contributed by atoms with van der Waals surface area (Å²) in [7, 11) is 0. The van der Waals surface area contributed by atoms with Crippen LogP contribution in [0.15, 0.2) is 22.7 Å². The Morgan fingerprint density at radius 2 is 1.94 bits per heavy atom. The molecular formula is C11H11Cl2N3O. The summed E-state index contributed by atoms with van der Waals surface area (Å²) >= 11 is 12.1. The van der Waals surface area contributed by atoms with Gasteiger partial charge in [0.25, 0.3) is 0 Å². The van der Waals surface area contributed by atoms with E-state index in [2.05, 4.69) is 15.5 Å². The fourth-order valence-electron chi connectivity index (χ4n) is 1.41. The van der Waals surface area contributed by atoms with Crippen molar-refractivity contribution in [2.45, 2.75) is 20.0 Å². The summed E-state index contributed by atoms with van der Waals surface area (Å²) in [5, 5.41) is 8.14. The number of hydrogen-bond acceptors (Lipinski definition) is 4. The van der Waals surface area contributed by atoms with Crippen molar-refractivity contribution in [3.8, 4) is 0 Å². The van der Waals surface area contributed by atoms with Gasteiger partial charge in [-0.1, -0.05) is 34.4 Å². The normalized spacial score (nSPS) is 10.8. The van der Waals surface area contributed by atoms with Crippen LogP contribution in [0, 0.1) is 6.92 Å². The number of aryl methyl sites for hydroxylation is 1. The van der Waals surface area contributed by atoms with Crippen LogP contribution in [-0.2, 0) is 13.1 Å². The van der Waals surface area contributed by atoms with Crippen LogP contribution in [0.25, 0.3) is 0 Å². The van der Waals surface area contributed by atoms with Crippen molar-refractivity contribution < 1.29 is 4.52 Å². The molecule has 1 heterocycles. The van der Waals surface area contributed by atoms with Gasteiger partial charge in [-0.25, -0.2) is 0 Å². The minimum Gasteiger partial charge on any atom is -0.338 e. The smallest absolute Gasteiger partial charge is 0.240 e. The summed E-state index contributed by atoms with van der Waals surface area (Å²) in [6, 6.07) is 5.43. The van der Waals surface area contributed by atoms with Crippen molar-refractivity contribution in [3.63, 3.8) is 0 Å². The van der Waals surface area contributed by atoms with Gasteiger partial charge in [-0.15, -0.1) is 0 Å². The highest BCUT2D eigenvalue weighted by Crippen LogP contribution is 2.23. The second-order valence-electron chi connectivity index (χ2n) is 3.54. The lowest BCUT2D eigenvalue weighted by molar-refractivity contribution is 0.364. The molecule has 0 saturated carbocycles. The molecule has 2 rings (SSSR count). The van der Waals surface area contributed by atoms with Gasteiger partial charge in [0.15, 0.2) is 5.82 Å². The van der Waals surface area contributed by atoms with E-state index in [1.54, 1.807) is 19.1 Å². The van der Waals surface area contributed by atoms with Crippen molar-refractivity contribution in [2.75, 3.05) is 0 Å². The fourth-order valence-corrected chi connectivity index (χ4v) is 1.94. The maximum Gasteiger partial charge on any atom is 0.240 e. The molecule has 0 atom stereocenters. The van der Waals surface area contributed by atoms with E-state index in [1.807, 2.05) is 6.07 Å². The summed E-state index contributed by atoms with van der Waals surface area (Å²) in [6.07, 6.45) is 0. The van der Waals surface area contributed by atoms with Crippen LogP contribution in [0.4, 0.5) is 0 Å². The van der Waals surface area contributed by atoms with Crippen molar-refractivity contribution in [3.05, 3.63) is 45.5 Å². The first-order valence-electron chi connectivity index (χ1n) is 5.09. The maximum atomic E-state index is 6.04. The molecule has 0 saturated heterocycles. The Bertz CT molecular complexity index is 493. The van der Waals surface area contributed by atoms with E-state index in [0.717, 1.165) is 5.56 Å². The average molecular weight is 272 g/mol. The van der Waals surface area contributed by atoms with E-state index < -0.39 is 0 Å². The van der Waals surface area contributed by atoms with Crippen molar-refractivity contribution in [1.29, 1.82) is 0 Å². The molecule has 4 nitrogen and oxygen atoms in total. The number of nitrogens with one attached hydrogen (secondary N) is 1. The molecule has 6 heteroatoms. The maximum absolute atomic E-state index is 6.04. The first-order valence-corrected chi connectivity index (χ1v) is 5.85. The Morgan fingerprint density at radius 1 is 1.24 bits per heavy atom. The third-order valence-corrected chi connectivity index (χ3v) is 2.92. The van der Waals surface area contributed by atoms with E-state index >= 15 is 0 Å². The summed E-state index contributed by atoms with van der Waals surface area (Å²) in [5.74, 6) is 1.17. The standard InChI is InChI=1S/C11H11Cl2N3O/c1-7-15-11(17-16-7)6-14-5-8-9(12)3-2-4-10(8)13/h2-4,14H,5-6H2,1H3. The second kappa shape index (κ2) is 5.49. The second-order valence-corrected chi connectivity index (χ2v) is 4.35. The largest absolute Gasteiger partial charge is 0.338 e.